The summed E-state index contributed by atoms with van der Waals surface area (Å²) in [6, 6.07) is 5.60. The highest BCUT2D eigenvalue weighted by Gasteiger charge is 2.23. The van der Waals surface area contributed by atoms with Gasteiger partial charge in [0.2, 0.25) is 17.7 Å². The van der Waals surface area contributed by atoms with Gasteiger partial charge >= 0.3 is 0 Å². The molecule has 24 heavy (non-hydrogen) atoms. The molecule has 0 saturated carbocycles. The maximum atomic E-state index is 12.2. The van der Waals surface area contributed by atoms with Gasteiger partial charge in [-0.25, -0.2) is 0 Å². The Morgan fingerprint density at radius 2 is 1.96 bits per heavy atom. The van der Waals surface area contributed by atoms with Crippen LogP contribution in [0.3, 0.4) is 0 Å². The van der Waals surface area contributed by atoms with E-state index in [9.17, 15) is 14.4 Å². The Morgan fingerprint density at radius 3 is 2.75 bits per heavy atom. The van der Waals surface area contributed by atoms with E-state index in [2.05, 4.69) is 5.32 Å². The predicted molar refractivity (Wildman–Crippen MR) is 91.9 cm³/mol. The van der Waals surface area contributed by atoms with Crippen molar-refractivity contribution in [1.29, 1.82) is 0 Å². The summed E-state index contributed by atoms with van der Waals surface area (Å²) in [5.41, 5.74) is 2.70. The lowest BCUT2D eigenvalue weighted by Crippen LogP contribution is -2.37. The second-order valence-corrected chi connectivity index (χ2v) is 6.44. The van der Waals surface area contributed by atoms with E-state index in [4.69, 9.17) is 0 Å². The van der Waals surface area contributed by atoms with Gasteiger partial charge in [0.25, 0.3) is 0 Å². The predicted octanol–water partition coefficient (Wildman–Crippen LogP) is 1.94. The molecule has 0 unspecified atom stereocenters. The molecule has 1 aromatic rings. The molecule has 0 radical (unpaired) electrons. The fourth-order valence-electron chi connectivity index (χ4n) is 3.39. The average molecular weight is 329 g/mol. The van der Waals surface area contributed by atoms with Gasteiger partial charge in [0.1, 0.15) is 0 Å². The number of benzene rings is 1. The van der Waals surface area contributed by atoms with Gasteiger partial charge in [-0.15, -0.1) is 0 Å². The molecule has 2 aliphatic rings. The van der Waals surface area contributed by atoms with Crippen molar-refractivity contribution >= 4 is 29.1 Å². The van der Waals surface area contributed by atoms with Crippen LogP contribution >= 0.6 is 0 Å². The van der Waals surface area contributed by atoms with Crippen LogP contribution in [0.15, 0.2) is 18.2 Å². The number of nitrogens with one attached hydrogen (secondary N) is 1. The highest BCUT2D eigenvalue weighted by Crippen LogP contribution is 2.30. The lowest BCUT2D eigenvalue weighted by Gasteiger charge is -2.20. The highest BCUT2D eigenvalue weighted by atomic mass is 16.2. The number of likely N-dealkylation sites (tertiary alicyclic amines) is 1. The van der Waals surface area contributed by atoms with Crippen molar-refractivity contribution in [2.45, 2.75) is 39.0 Å². The highest BCUT2D eigenvalue weighted by molar-refractivity contribution is 5.97. The maximum absolute atomic E-state index is 12.2. The third kappa shape index (κ3) is 3.58. The van der Waals surface area contributed by atoms with Crippen molar-refractivity contribution < 1.29 is 14.4 Å². The number of carbonyl (C=O) groups excluding carboxylic acids is 3. The van der Waals surface area contributed by atoms with Gasteiger partial charge in [-0.1, -0.05) is 6.42 Å². The van der Waals surface area contributed by atoms with Gasteiger partial charge in [0.15, 0.2) is 0 Å². The van der Waals surface area contributed by atoms with E-state index in [1.54, 1.807) is 16.7 Å². The molecule has 0 bridgehead atoms. The summed E-state index contributed by atoms with van der Waals surface area (Å²) < 4.78 is 0. The molecule has 128 valence electrons. The molecule has 1 aromatic carbocycles. The topological polar surface area (TPSA) is 69.7 Å². The molecule has 0 aromatic heterocycles. The van der Waals surface area contributed by atoms with Gasteiger partial charge in [-0.05, 0) is 43.0 Å². The van der Waals surface area contributed by atoms with Crippen LogP contribution in [0.25, 0.3) is 0 Å². The fourth-order valence-corrected chi connectivity index (χ4v) is 3.39. The third-order valence-corrected chi connectivity index (χ3v) is 4.64. The minimum atomic E-state index is -0.174. The lowest BCUT2D eigenvalue weighted by molar-refractivity contribution is -0.134. The number of rotatable bonds is 3. The Morgan fingerprint density at radius 1 is 1.12 bits per heavy atom. The summed E-state index contributed by atoms with van der Waals surface area (Å²) in [5.74, 6) is -0.0782. The summed E-state index contributed by atoms with van der Waals surface area (Å²) in [7, 11) is 0. The van der Waals surface area contributed by atoms with Crippen molar-refractivity contribution in [2.24, 2.45) is 0 Å². The first kappa shape index (κ1) is 16.5. The summed E-state index contributed by atoms with van der Waals surface area (Å²) in [4.78, 5) is 39.2. The summed E-state index contributed by atoms with van der Waals surface area (Å²) in [6.45, 7) is 3.01. The van der Waals surface area contributed by atoms with Crippen LogP contribution < -0.4 is 10.2 Å². The minimum absolute atomic E-state index is 0.0326. The first-order chi connectivity index (χ1) is 11.5. The van der Waals surface area contributed by atoms with E-state index >= 15 is 0 Å². The van der Waals surface area contributed by atoms with E-state index in [1.807, 2.05) is 18.2 Å². The van der Waals surface area contributed by atoms with Crippen LogP contribution in [0, 0.1) is 0 Å². The Balaban J connectivity index is 1.63. The standard InChI is InChI=1S/C18H23N3O3/c1-13(22)21-10-8-14-11-15(6-7-16(14)21)19-17(23)12-20-9-4-2-3-5-18(20)24/h6-7,11H,2-5,8-10,12H2,1H3,(H,19,23). The normalized spacial score (nSPS) is 17.5. The number of hydrogen-bond acceptors (Lipinski definition) is 3. The Bertz CT molecular complexity index is 671. The molecule has 0 spiro atoms. The van der Waals surface area contributed by atoms with Crippen LogP contribution in [0.2, 0.25) is 0 Å². The average Bonchev–Trinajstić information content (AvgIpc) is 2.86. The molecular weight excluding hydrogens is 306 g/mol. The van der Waals surface area contributed by atoms with Crippen molar-refractivity contribution in [3.8, 4) is 0 Å². The zero-order chi connectivity index (χ0) is 17.1. The number of amides is 3. The summed E-state index contributed by atoms with van der Waals surface area (Å²) >= 11 is 0. The van der Waals surface area contributed by atoms with Crippen molar-refractivity contribution in [2.75, 3.05) is 29.9 Å². The molecule has 2 heterocycles. The van der Waals surface area contributed by atoms with Gasteiger partial charge in [0.05, 0.1) is 6.54 Å². The smallest absolute Gasteiger partial charge is 0.243 e. The Labute approximate surface area is 141 Å². The largest absolute Gasteiger partial charge is 0.333 e. The quantitative estimate of drug-likeness (QED) is 0.921. The molecule has 1 N–H and O–H groups in total. The minimum Gasteiger partial charge on any atom is -0.333 e. The number of anilines is 2. The van der Waals surface area contributed by atoms with E-state index in [0.717, 1.165) is 36.9 Å². The monoisotopic (exact) mass is 329 g/mol. The van der Waals surface area contributed by atoms with Crippen molar-refractivity contribution in [3.05, 3.63) is 23.8 Å². The maximum Gasteiger partial charge on any atom is 0.243 e. The molecule has 1 saturated heterocycles. The number of nitrogens with zero attached hydrogens (tertiary/aromatic N) is 2. The van der Waals surface area contributed by atoms with Gasteiger partial charge in [-0.3, -0.25) is 14.4 Å². The van der Waals surface area contributed by atoms with Gasteiger partial charge < -0.3 is 15.1 Å². The molecule has 6 nitrogen and oxygen atoms in total. The van der Waals surface area contributed by atoms with Crippen LogP contribution in [0.4, 0.5) is 11.4 Å². The van der Waals surface area contributed by atoms with E-state index < -0.39 is 0 Å². The van der Waals surface area contributed by atoms with Crippen LogP contribution in [0.5, 0.6) is 0 Å². The molecule has 6 heteroatoms. The zero-order valence-corrected chi connectivity index (χ0v) is 14.0. The fraction of sp³-hybridized carbons (Fsp3) is 0.500. The lowest BCUT2D eigenvalue weighted by atomic mass is 10.1. The van der Waals surface area contributed by atoms with E-state index in [-0.39, 0.29) is 24.3 Å². The van der Waals surface area contributed by atoms with E-state index in [1.165, 1.54) is 0 Å². The SMILES string of the molecule is CC(=O)N1CCc2cc(NC(=O)CN3CCCCCC3=O)ccc21. The first-order valence-corrected chi connectivity index (χ1v) is 8.53. The second-order valence-electron chi connectivity index (χ2n) is 6.44. The number of fused-ring (bicyclic) bond motifs is 1. The van der Waals surface area contributed by atoms with Gasteiger partial charge in [-0.2, -0.15) is 0 Å². The third-order valence-electron chi connectivity index (χ3n) is 4.64. The first-order valence-electron chi connectivity index (χ1n) is 8.53. The number of hydrogen-bond donors (Lipinski definition) is 1. The van der Waals surface area contributed by atoms with E-state index in [0.29, 0.717) is 25.2 Å². The zero-order valence-electron chi connectivity index (χ0n) is 14.0. The molecule has 1 fully saturated rings. The Kier molecular flexibility index (Phi) is 4.83. The molecule has 0 atom stereocenters. The molecule has 0 aliphatic carbocycles. The van der Waals surface area contributed by atoms with Crippen molar-refractivity contribution in [3.63, 3.8) is 0 Å². The molecular formula is C18H23N3O3. The summed E-state index contributed by atoms with van der Waals surface area (Å²) in [5, 5.41) is 2.87. The molecule has 3 rings (SSSR count). The second kappa shape index (κ2) is 7.03. The van der Waals surface area contributed by atoms with Crippen molar-refractivity contribution in [1.82, 2.24) is 4.90 Å². The number of carbonyl (C=O) groups is 3. The molecule has 3 amide bonds. The van der Waals surface area contributed by atoms with Crippen LogP contribution in [-0.4, -0.2) is 42.3 Å². The summed E-state index contributed by atoms with van der Waals surface area (Å²) in [6.07, 6.45) is 4.24. The van der Waals surface area contributed by atoms with Crippen LogP contribution in [0.1, 0.15) is 38.2 Å². The molecule has 2 aliphatic heterocycles. The Hall–Kier alpha value is -2.37. The van der Waals surface area contributed by atoms with Crippen LogP contribution in [-0.2, 0) is 20.8 Å². The van der Waals surface area contributed by atoms with Gasteiger partial charge in [0, 0.05) is 37.8 Å².